The molecule has 2 aliphatic rings. The first-order valence-electron chi connectivity index (χ1n) is 6.66. The van der Waals surface area contributed by atoms with Crippen LogP contribution in [-0.4, -0.2) is 30.2 Å². The first-order valence-corrected chi connectivity index (χ1v) is 6.66. The lowest BCUT2D eigenvalue weighted by Crippen LogP contribution is -2.32. The van der Waals surface area contributed by atoms with Crippen LogP contribution in [0.4, 0.5) is 0 Å². The van der Waals surface area contributed by atoms with Crippen LogP contribution in [0.15, 0.2) is 0 Å². The second kappa shape index (κ2) is 6.77. The monoisotopic (exact) mass is 241 g/mol. The molecule has 0 aromatic heterocycles. The number of amides is 1. The zero-order chi connectivity index (χ0) is 13.6. The Morgan fingerprint density at radius 2 is 1.65 bits per heavy atom. The van der Waals surface area contributed by atoms with Crippen LogP contribution in [0.2, 0.25) is 0 Å². The highest BCUT2D eigenvalue weighted by Gasteiger charge is 2.62. The zero-order valence-corrected chi connectivity index (χ0v) is 12.1. The van der Waals surface area contributed by atoms with Gasteiger partial charge in [-0.15, -0.1) is 0 Å². The van der Waals surface area contributed by atoms with E-state index in [0.29, 0.717) is 17.7 Å². The third-order valence-corrected chi connectivity index (χ3v) is 3.78. The molecule has 1 amide bonds. The van der Waals surface area contributed by atoms with Crippen LogP contribution >= 0.6 is 0 Å². The summed E-state index contributed by atoms with van der Waals surface area (Å²) in [5.41, 5.74) is 0.532. The minimum Gasteiger partial charge on any atom is -0.342 e. The number of hydrogen-bond acceptors (Lipinski definition) is 2. The Kier molecular flexibility index (Phi) is 6.43. The Balaban J connectivity index is 0.000000450. The van der Waals surface area contributed by atoms with Gasteiger partial charge in [0.05, 0.1) is 0 Å². The van der Waals surface area contributed by atoms with Crippen LogP contribution in [-0.2, 0) is 9.59 Å². The van der Waals surface area contributed by atoms with E-state index in [1.165, 1.54) is 6.92 Å². The summed E-state index contributed by atoms with van der Waals surface area (Å²) in [6, 6.07) is 0. The Hall–Kier alpha value is -0.860. The maximum absolute atomic E-state index is 11.3. The van der Waals surface area contributed by atoms with Crippen LogP contribution in [0.3, 0.4) is 0 Å². The number of likely N-dealkylation sites (tertiary alicyclic amines) is 1. The Labute approximate surface area is 106 Å². The SMILES string of the molecule is CC.CC=O.CCC(=O)N1CC2C(C1)C2(C)C. The van der Waals surface area contributed by atoms with Crippen LogP contribution in [0.25, 0.3) is 0 Å². The summed E-state index contributed by atoms with van der Waals surface area (Å²) in [4.78, 5) is 22.2. The van der Waals surface area contributed by atoms with E-state index >= 15 is 0 Å². The fourth-order valence-electron chi connectivity index (χ4n) is 2.56. The first-order chi connectivity index (χ1) is 7.98. The summed E-state index contributed by atoms with van der Waals surface area (Å²) in [5, 5.41) is 0. The predicted molar refractivity (Wildman–Crippen MR) is 70.7 cm³/mol. The molecule has 1 saturated carbocycles. The smallest absolute Gasteiger partial charge is 0.222 e. The van der Waals surface area contributed by atoms with Crippen molar-refractivity contribution in [3.05, 3.63) is 0 Å². The minimum atomic E-state index is 0.331. The highest BCUT2D eigenvalue weighted by Crippen LogP contribution is 2.61. The second-order valence-corrected chi connectivity index (χ2v) is 4.92. The molecule has 0 aromatic carbocycles. The van der Waals surface area contributed by atoms with Crippen LogP contribution < -0.4 is 0 Å². The zero-order valence-electron chi connectivity index (χ0n) is 12.1. The molecule has 1 aliphatic carbocycles. The molecule has 3 heteroatoms. The number of rotatable bonds is 1. The van der Waals surface area contributed by atoms with Crippen molar-refractivity contribution in [2.45, 2.75) is 48.0 Å². The summed E-state index contributed by atoms with van der Waals surface area (Å²) in [6.45, 7) is 14.1. The van der Waals surface area contributed by atoms with Gasteiger partial charge >= 0.3 is 0 Å². The molecule has 1 aliphatic heterocycles. The van der Waals surface area contributed by atoms with E-state index in [4.69, 9.17) is 4.79 Å². The van der Waals surface area contributed by atoms with Gasteiger partial charge in [-0.05, 0) is 24.2 Å². The molecule has 1 saturated heterocycles. The van der Waals surface area contributed by atoms with Crippen LogP contribution in [0, 0.1) is 17.3 Å². The minimum absolute atomic E-state index is 0.331. The predicted octanol–water partition coefficient (Wildman–Crippen LogP) is 2.74. The van der Waals surface area contributed by atoms with Crippen LogP contribution in [0.1, 0.15) is 48.0 Å². The van der Waals surface area contributed by atoms with Crippen molar-refractivity contribution in [2.75, 3.05) is 13.1 Å². The number of aldehydes is 1. The molecule has 0 spiro atoms. The van der Waals surface area contributed by atoms with Gasteiger partial charge in [-0.2, -0.15) is 0 Å². The van der Waals surface area contributed by atoms with Gasteiger partial charge in [0.25, 0.3) is 0 Å². The number of carbonyl (C=O) groups is 2. The van der Waals surface area contributed by atoms with Crippen molar-refractivity contribution >= 4 is 12.2 Å². The number of nitrogens with zero attached hydrogens (tertiary/aromatic N) is 1. The van der Waals surface area contributed by atoms with Gasteiger partial charge in [0.2, 0.25) is 5.91 Å². The molecule has 0 bridgehead atoms. The number of hydrogen-bond donors (Lipinski definition) is 0. The molecule has 2 fully saturated rings. The molecule has 100 valence electrons. The molecule has 1 heterocycles. The van der Waals surface area contributed by atoms with Gasteiger partial charge in [-0.3, -0.25) is 4.79 Å². The first kappa shape index (κ1) is 16.1. The van der Waals surface area contributed by atoms with E-state index in [1.54, 1.807) is 0 Å². The lowest BCUT2D eigenvalue weighted by atomic mass is 10.1. The van der Waals surface area contributed by atoms with E-state index in [1.807, 2.05) is 25.7 Å². The topological polar surface area (TPSA) is 37.4 Å². The molecule has 2 rings (SSSR count). The summed E-state index contributed by atoms with van der Waals surface area (Å²) < 4.78 is 0. The number of piperidine rings is 1. The third kappa shape index (κ3) is 3.55. The molecular formula is C14H27NO2. The summed E-state index contributed by atoms with van der Waals surface area (Å²) in [6.07, 6.45) is 1.42. The third-order valence-electron chi connectivity index (χ3n) is 3.78. The maximum atomic E-state index is 11.3. The van der Waals surface area contributed by atoms with E-state index in [0.717, 1.165) is 31.2 Å². The standard InChI is InChI=1S/C10H17NO.C2H4O.C2H6/c1-4-9(12)11-5-7-8(6-11)10(7,2)3;1-2-3;1-2/h7-8H,4-6H2,1-3H3;2H,1H3;1-2H3. The largest absolute Gasteiger partial charge is 0.342 e. The molecule has 0 radical (unpaired) electrons. The van der Waals surface area contributed by atoms with E-state index < -0.39 is 0 Å². The molecule has 3 nitrogen and oxygen atoms in total. The molecule has 0 N–H and O–H groups in total. The highest BCUT2D eigenvalue weighted by atomic mass is 16.2. The van der Waals surface area contributed by atoms with E-state index in [2.05, 4.69) is 13.8 Å². The second-order valence-electron chi connectivity index (χ2n) is 4.92. The maximum Gasteiger partial charge on any atom is 0.222 e. The Morgan fingerprint density at radius 3 is 1.94 bits per heavy atom. The molecule has 0 aromatic rings. The Morgan fingerprint density at radius 1 is 1.29 bits per heavy atom. The molecule has 17 heavy (non-hydrogen) atoms. The van der Waals surface area contributed by atoms with Crippen LogP contribution in [0.5, 0.6) is 0 Å². The van der Waals surface area contributed by atoms with Gasteiger partial charge in [0.1, 0.15) is 6.29 Å². The van der Waals surface area contributed by atoms with Crippen molar-refractivity contribution < 1.29 is 9.59 Å². The van der Waals surface area contributed by atoms with Gasteiger partial charge in [-0.25, -0.2) is 0 Å². The fraction of sp³-hybridized carbons (Fsp3) is 0.857. The number of carbonyl (C=O) groups excluding carboxylic acids is 2. The van der Waals surface area contributed by atoms with Crippen molar-refractivity contribution in [1.82, 2.24) is 4.90 Å². The molecule has 2 atom stereocenters. The number of fused-ring (bicyclic) bond motifs is 1. The van der Waals surface area contributed by atoms with E-state index in [9.17, 15) is 4.79 Å². The average Bonchev–Trinajstić information content (AvgIpc) is 2.74. The molecule has 2 unspecified atom stereocenters. The van der Waals surface area contributed by atoms with Gasteiger partial charge in [-0.1, -0.05) is 34.6 Å². The molecular weight excluding hydrogens is 214 g/mol. The van der Waals surface area contributed by atoms with Gasteiger partial charge in [0.15, 0.2) is 0 Å². The summed E-state index contributed by atoms with van der Waals surface area (Å²) in [7, 11) is 0. The lowest BCUT2D eigenvalue weighted by molar-refractivity contribution is -0.130. The average molecular weight is 241 g/mol. The normalized spacial score (nSPS) is 26.8. The fourth-order valence-corrected chi connectivity index (χ4v) is 2.56. The van der Waals surface area contributed by atoms with Crippen molar-refractivity contribution in [1.29, 1.82) is 0 Å². The lowest BCUT2D eigenvalue weighted by Gasteiger charge is -2.21. The Bertz CT molecular complexity index is 247. The summed E-state index contributed by atoms with van der Waals surface area (Å²) >= 11 is 0. The van der Waals surface area contributed by atoms with E-state index in [-0.39, 0.29) is 0 Å². The summed E-state index contributed by atoms with van der Waals surface area (Å²) in [5.74, 6) is 1.93. The van der Waals surface area contributed by atoms with Gasteiger partial charge < -0.3 is 9.69 Å². The van der Waals surface area contributed by atoms with Gasteiger partial charge in [0, 0.05) is 19.5 Å². The van der Waals surface area contributed by atoms with Crippen molar-refractivity contribution in [3.8, 4) is 0 Å². The quantitative estimate of drug-likeness (QED) is 0.662. The van der Waals surface area contributed by atoms with Crippen molar-refractivity contribution in [2.24, 2.45) is 17.3 Å². The highest BCUT2D eigenvalue weighted by molar-refractivity contribution is 5.76. The van der Waals surface area contributed by atoms with Crippen molar-refractivity contribution in [3.63, 3.8) is 0 Å².